The van der Waals surface area contributed by atoms with E-state index in [1.165, 1.54) is 17.8 Å². The predicted molar refractivity (Wildman–Crippen MR) is 131 cm³/mol. The maximum atomic E-state index is 12.6. The number of likely N-dealkylation sites (tertiary alicyclic amines) is 1. The Morgan fingerprint density at radius 3 is 2.54 bits per heavy atom. The lowest BCUT2D eigenvalue weighted by Crippen LogP contribution is -2.51. The minimum Gasteiger partial charge on any atom is -0.480 e. The Labute approximate surface area is 216 Å². The van der Waals surface area contributed by atoms with Gasteiger partial charge in [0.2, 0.25) is 11.8 Å². The van der Waals surface area contributed by atoms with E-state index in [0.717, 1.165) is 4.90 Å². The minimum absolute atomic E-state index is 0.246. The summed E-state index contributed by atoms with van der Waals surface area (Å²) in [6, 6.07) is 2.21. The number of carboxylic acid groups (broad SMARTS) is 1. The van der Waals surface area contributed by atoms with Gasteiger partial charge in [-0.2, -0.15) is 0 Å². The van der Waals surface area contributed by atoms with Gasteiger partial charge >= 0.3 is 12.1 Å². The van der Waals surface area contributed by atoms with Crippen LogP contribution >= 0.6 is 35.0 Å². The van der Waals surface area contributed by atoms with Crippen molar-refractivity contribution in [3.05, 3.63) is 33.8 Å². The van der Waals surface area contributed by atoms with Crippen molar-refractivity contribution >= 4 is 64.9 Å². The number of hydrogen-bond donors (Lipinski definition) is 3. The molecule has 0 radical (unpaired) electrons. The Bertz CT molecular complexity index is 973. The molecule has 0 bridgehead atoms. The highest BCUT2D eigenvalue weighted by Gasteiger charge is 2.30. The number of nitrogens with one attached hydrogen (secondary N) is 2. The van der Waals surface area contributed by atoms with Gasteiger partial charge < -0.3 is 25.4 Å². The lowest BCUT2D eigenvalue weighted by molar-refractivity contribution is -0.142. The molecule has 1 atom stereocenters. The van der Waals surface area contributed by atoms with Gasteiger partial charge in [0.25, 0.3) is 0 Å². The van der Waals surface area contributed by atoms with E-state index in [-0.39, 0.29) is 5.91 Å². The molecule has 1 aliphatic heterocycles. The van der Waals surface area contributed by atoms with Gasteiger partial charge in [-0.05, 0) is 36.8 Å². The standard InChI is InChI=1S/C22H26Cl2FN3O6S/c1-35-16-4-2-13(18(23)19(16)24)3-5-17(29)28-9-6-14(7-10-28)20(30)27-15(21(31)32)12-26-22(33)34-11-8-25/h2-5,14-15H,6-12H2,1H3,(H,26,33)(H,27,30)(H,31,32). The molecule has 1 aliphatic rings. The first-order valence-corrected chi connectivity index (χ1v) is 12.6. The SMILES string of the molecule is CSc1ccc(C=CC(=O)N2CCC(C(=O)NC(CNC(=O)OCCF)C(=O)O)CC2)c(Cl)c1Cl. The van der Waals surface area contributed by atoms with Crippen LogP contribution in [-0.4, -0.2) is 79.1 Å². The fourth-order valence-electron chi connectivity index (χ4n) is 3.32. The lowest BCUT2D eigenvalue weighted by Gasteiger charge is -2.31. The number of rotatable bonds is 10. The van der Waals surface area contributed by atoms with Gasteiger partial charge in [-0.15, -0.1) is 11.8 Å². The zero-order valence-corrected chi connectivity index (χ0v) is 21.2. The zero-order chi connectivity index (χ0) is 26.0. The molecule has 0 spiro atoms. The first-order chi connectivity index (χ1) is 16.7. The number of amides is 3. The van der Waals surface area contributed by atoms with Gasteiger partial charge in [0.05, 0.1) is 16.6 Å². The second-order valence-electron chi connectivity index (χ2n) is 7.52. The van der Waals surface area contributed by atoms with Crippen molar-refractivity contribution in [2.45, 2.75) is 23.8 Å². The lowest BCUT2D eigenvalue weighted by atomic mass is 9.95. The Kier molecular flexibility index (Phi) is 11.6. The first kappa shape index (κ1) is 28.7. The zero-order valence-electron chi connectivity index (χ0n) is 18.9. The fraction of sp³-hybridized carbons (Fsp3) is 0.455. The van der Waals surface area contributed by atoms with Gasteiger partial charge in [-0.25, -0.2) is 14.0 Å². The quantitative estimate of drug-likeness (QED) is 0.302. The molecule has 0 aliphatic carbocycles. The van der Waals surface area contributed by atoms with E-state index >= 15 is 0 Å². The fourth-order valence-corrected chi connectivity index (χ4v) is 4.49. The Morgan fingerprint density at radius 2 is 1.94 bits per heavy atom. The van der Waals surface area contributed by atoms with Crippen LogP contribution in [0.1, 0.15) is 18.4 Å². The molecule has 35 heavy (non-hydrogen) atoms. The van der Waals surface area contributed by atoms with Crippen molar-refractivity contribution < 1.29 is 33.4 Å². The second kappa shape index (κ2) is 14.2. The molecule has 3 N–H and O–H groups in total. The van der Waals surface area contributed by atoms with Crippen molar-refractivity contribution in [1.82, 2.24) is 15.5 Å². The topological polar surface area (TPSA) is 125 Å². The summed E-state index contributed by atoms with van der Waals surface area (Å²) in [7, 11) is 0. The molecule has 1 heterocycles. The minimum atomic E-state index is -1.38. The monoisotopic (exact) mass is 549 g/mol. The molecular weight excluding hydrogens is 524 g/mol. The van der Waals surface area contributed by atoms with Crippen LogP contribution in [0.5, 0.6) is 0 Å². The van der Waals surface area contributed by atoms with E-state index in [0.29, 0.717) is 41.5 Å². The summed E-state index contributed by atoms with van der Waals surface area (Å²) < 4.78 is 16.5. The van der Waals surface area contributed by atoms with E-state index < -0.39 is 49.8 Å². The van der Waals surface area contributed by atoms with E-state index in [4.69, 9.17) is 23.2 Å². The summed E-state index contributed by atoms with van der Waals surface area (Å²) in [5, 5.41) is 14.6. The third kappa shape index (κ3) is 8.59. The molecule has 0 saturated carbocycles. The van der Waals surface area contributed by atoms with Gasteiger partial charge in [0, 0.05) is 30.0 Å². The largest absolute Gasteiger partial charge is 0.480 e. The number of carboxylic acids is 1. The molecule has 1 saturated heterocycles. The molecule has 1 unspecified atom stereocenters. The maximum Gasteiger partial charge on any atom is 0.407 e. The number of hydrogen-bond acceptors (Lipinski definition) is 6. The number of carbonyl (C=O) groups excluding carboxylic acids is 3. The summed E-state index contributed by atoms with van der Waals surface area (Å²) in [6.07, 6.45) is 4.57. The van der Waals surface area contributed by atoms with Crippen molar-refractivity contribution in [3.8, 4) is 0 Å². The predicted octanol–water partition coefficient (Wildman–Crippen LogP) is 3.23. The van der Waals surface area contributed by atoms with Crippen LogP contribution in [0.4, 0.5) is 9.18 Å². The Morgan fingerprint density at radius 1 is 1.26 bits per heavy atom. The number of aliphatic carboxylic acids is 1. The average molecular weight is 550 g/mol. The molecule has 192 valence electrons. The van der Waals surface area contributed by atoms with Crippen LogP contribution in [0, 0.1) is 5.92 Å². The third-order valence-corrected chi connectivity index (χ3v) is 7.04. The molecule has 1 aromatic rings. The molecule has 3 amide bonds. The summed E-state index contributed by atoms with van der Waals surface area (Å²) >= 11 is 14.0. The molecule has 1 aromatic carbocycles. The van der Waals surface area contributed by atoms with E-state index in [1.54, 1.807) is 17.0 Å². The normalized spacial score (nSPS) is 15.0. The molecule has 2 rings (SSSR count). The van der Waals surface area contributed by atoms with Gasteiger partial charge in [-0.1, -0.05) is 29.3 Å². The number of nitrogens with zero attached hydrogens (tertiary/aromatic N) is 1. The van der Waals surface area contributed by atoms with E-state index in [1.807, 2.05) is 12.3 Å². The highest BCUT2D eigenvalue weighted by molar-refractivity contribution is 7.98. The molecule has 13 heteroatoms. The van der Waals surface area contributed by atoms with Gasteiger partial charge in [-0.3, -0.25) is 9.59 Å². The van der Waals surface area contributed by atoms with Crippen molar-refractivity contribution in [3.63, 3.8) is 0 Å². The van der Waals surface area contributed by atoms with Crippen LogP contribution in [0.3, 0.4) is 0 Å². The second-order valence-corrected chi connectivity index (χ2v) is 9.13. The number of carbonyl (C=O) groups is 4. The van der Waals surface area contributed by atoms with Crippen molar-refractivity contribution in [2.24, 2.45) is 5.92 Å². The molecule has 0 aromatic heterocycles. The Hall–Kier alpha value is -2.50. The van der Waals surface area contributed by atoms with Crippen molar-refractivity contribution in [1.29, 1.82) is 0 Å². The van der Waals surface area contributed by atoms with Gasteiger partial charge in [0.1, 0.15) is 19.3 Å². The summed E-state index contributed by atoms with van der Waals surface area (Å²) in [5.74, 6) is -2.57. The van der Waals surface area contributed by atoms with Crippen LogP contribution in [-0.2, 0) is 19.1 Å². The van der Waals surface area contributed by atoms with Crippen LogP contribution in [0.25, 0.3) is 6.08 Å². The smallest absolute Gasteiger partial charge is 0.407 e. The summed E-state index contributed by atoms with van der Waals surface area (Å²) in [6.45, 7) is -1.11. The summed E-state index contributed by atoms with van der Waals surface area (Å²) in [5.41, 5.74) is 0.610. The maximum absolute atomic E-state index is 12.6. The molecule has 1 fully saturated rings. The van der Waals surface area contributed by atoms with E-state index in [2.05, 4.69) is 15.4 Å². The first-order valence-electron chi connectivity index (χ1n) is 10.7. The van der Waals surface area contributed by atoms with E-state index in [9.17, 15) is 28.7 Å². The molecular formula is C22H26Cl2FN3O6S. The van der Waals surface area contributed by atoms with Crippen LogP contribution < -0.4 is 10.6 Å². The van der Waals surface area contributed by atoms with Crippen LogP contribution in [0.15, 0.2) is 23.1 Å². The molecule has 9 nitrogen and oxygen atoms in total. The van der Waals surface area contributed by atoms with Crippen molar-refractivity contribution in [2.75, 3.05) is 39.2 Å². The number of piperidine rings is 1. The highest BCUT2D eigenvalue weighted by Crippen LogP contribution is 2.35. The number of benzene rings is 1. The number of ether oxygens (including phenoxy) is 1. The third-order valence-electron chi connectivity index (χ3n) is 5.25. The average Bonchev–Trinajstić information content (AvgIpc) is 2.85. The highest BCUT2D eigenvalue weighted by atomic mass is 35.5. The number of halogens is 3. The van der Waals surface area contributed by atoms with Gasteiger partial charge in [0.15, 0.2) is 0 Å². The number of thioether (sulfide) groups is 1. The Balaban J connectivity index is 1.86. The summed E-state index contributed by atoms with van der Waals surface area (Å²) in [4.78, 5) is 50.3. The number of alkyl halides is 1. The van der Waals surface area contributed by atoms with Crippen LogP contribution in [0.2, 0.25) is 10.0 Å². The number of alkyl carbamates (subject to hydrolysis) is 1.